The molecule has 0 radical (unpaired) electrons. The van der Waals surface area contributed by atoms with Gasteiger partial charge in [0.1, 0.15) is 9.79 Å². The molecule has 2 aliphatic heterocycles. The molecular formula is C34H32Cl4N4O8S2. The second-order valence-corrected chi connectivity index (χ2v) is 17.2. The van der Waals surface area contributed by atoms with Crippen molar-refractivity contribution in [3.05, 3.63) is 97.9 Å². The second-order valence-electron chi connectivity index (χ2n) is 11.8. The van der Waals surface area contributed by atoms with Gasteiger partial charge in [-0.25, -0.2) is 16.8 Å². The van der Waals surface area contributed by atoms with E-state index in [4.69, 9.17) is 55.9 Å². The molecule has 18 heteroatoms. The zero-order valence-electron chi connectivity index (χ0n) is 27.4. The molecule has 52 heavy (non-hydrogen) atoms. The number of morpholine rings is 2. The van der Waals surface area contributed by atoms with Crippen molar-refractivity contribution in [3.8, 4) is 0 Å². The van der Waals surface area contributed by atoms with Crippen molar-refractivity contribution in [2.45, 2.75) is 9.79 Å². The van der Waals surface area contributed by atoms with Crippen LogP contribution in [0.15, 0.2) is 76.5 Å². The van der Waals surface area contributed by atoms with E-state index >= 15 is 0 Å². The SMILES string of the molecule is O=C(NCCN(C(=O)c1cc(S(=O)(=O)N2CCOCC2)c(Cl)cc1Cl)c1cccc2ccccc12)c1cc(S(=O)(=O)N2CCOCC2)c(Cl)cc1Cl. The van der Waals surface area contributed by atoms with E-state index in [0.717, 1.165) is 11.5 Å². The maximum Gasteiger partial charge on any atom is 0.259 e. The number of carbonyl (C=O) groups excluding carboxylic acids is 2. The van der Waals surface area contributed by atoms with Gasteiger partial charge in [0.05, 0.1) is 63.3 Å². The lowest BCUT2D eigenvalue weighted by Gasteiger charge is -2.28. The fourth-order valence-corrected chi connectivity index (χ4v) is 10.4. The Balaban J connectivity index is 1.31. The monoisotopic (exact) mass is 828 g/mol. The van der Waals surface area contributed by atoms with E-state index in [1.807, 2.05) is 30.3 Å². The first-order valence-electron chi connectivity index (χ1n) is 16.0. The second kappa shape index (κ2) is 16.1. The topological polar surface area (TPSA) is 143 Å². The van der Waals surface area contributed by atoms with Crippen molar-refractivity contribution in [2.75, 3.05) is 70.6 Å². The van der Waals surface area contributed by atoms with Crippen LogP contribution in [0, 0.1) is 0 Å². The van der Waals surface area contributed by atoms with Gasteiger partial charge < -0.3 is 19.7 Å². The smallest absolute Gasteiger partial charge is 0.259 e. The summed E-state index contributed by atoms with van der Waals surface area (Å²) in [6, 6.07) is 17.4. The third-order valence-electron chi connectivity index (χ3n) is 8.62. The molecule has 2 aliphatic rings. The van der Waals surface area contributed by atoms with E-state index < -0.39 is 31.9 Å². The van der Waals surface area contributed by atoms with Crippen LogP contribution in [0.1, 0.15) is 20.7 Å². The number of anilines is 1. The fraction of sp³-hybridized carbons (Fsp3) is 0.294. The van der Waals surface area contributed by atoms with E-state index in [1.165, 1.54) is 31.7 Å². The molecule has 0 atom stereocenters. The highest BCUT2D eigenvalue weighted by Gasteiger charge is 2.33. The summed E-state index contributed by atoms with van der Waals surface area (Å²) in [5.74, 6) is -1.37. The van der Waals surface area contributed by atoms with Crippen LogP contribution in [-0.2, 0) is 29.5 Å². The van der Waals surface area contributed by atoms with Gasteiger partial charge in [0.2, 0.25) is 20.0 Å². The van der Waals surface area contributed by atoms with E-state index in [9.17, 15) is 26.4 Å². The molecule has 4 aromatic rings. The molecule has 0 bridgehead atoms. The number of carbonyl (C=O) groups is 2. The van der Waals surface area contributed by atoms with Gasteiger partial charge in [-0.2, -0.15) is 8.61 Å². The van der Waals surface area contributed by atoms with Gasteiger partial charge in [-0.3, -0.25) is 9.59 Å². The van der Waals surface area contributed by atoms with Crippen LogP contribution in [0.25, 0.3) is 10.8 Å². The lowest BCUT2D eigenvalue weighted by atomic mass is 10.1. The van der Waals surface area contributed by atoms with Crippen LogP contribution >= 0.6 is 46.4 Å². The quantitative estimate of drug-likeness (QED) is 0.219. The molecule has 276 valence electrons. The molecule has 6 rings (SSSR count). The summed E-state index contributed by atoms with van der Waals surface area (Å²) in [7, 11) is -8.19. The number of rotatable bonds is 10. The predicted molar refractivity (Wildman–Crippen MR) is 200 cm³/mol. The number of hydrogen-bond donors (Lipinski definition) is 1. The lowest BCUT2D eigenvalue weighted by Crippen LogP contribution is -2.41. The number of benzene rings is 4. The molecule has 0 spiro atoms. The Bertz CT molecular complexity index is 2240. The maximum atomic E-state index is 14.5. The molecule has 2 saturated heterocycles. The van der Waals surface area contributed by atoms with E-state index in [-0.39, 0.29) is 107 Å². The van der Waals surface area contributed by atoms with Crippen molar-refractivity contribution < 1.29 is 35.9 Å². The van der Waals surface area contributed by atoms with Gasteiger partial charge in [-0.1, -0.05) is 82.8 Å². The van der Waals surface area contributed by atoms with E-state index in [2.05, 4.69) is 5.32 Å². The Hall–Kier alpha value is -3.02. The Morgan fingerprint density at radius 1 is 0.673 bits per heavy atom. The van der Waals surface area contributed by atoms with Gasteiger partial charge in [0.25, 0.3) is 11.8 Å². The number of amides is 2. The standard InChI is InChI=1S/C34H32Cl4N4O8S2/c35-26-20-28(37)31(51(45,46)40-10-14-49-15-11-40)18-24(26)33(43)39-8-9-42(30-7-3-5-22-4-1-2-6-23(22)30)34(44)25-19-32(29(38)21-27(25)36)52(47,48)41-12-16-50-17-13-41/h1-7,18-21H,8-17H2,(H,39,43). The van der Waals surface area contributed by atoms with Crippen molar-refractivity contribution in [2.24, 2.45) is 0 Å². The molecule has 1 N–H and O–H groups in total. The van der Waals surface area contributed by atoms with Gasteiger partial charge >= 0.3 is 0 Å². The summed E-state index contributed by atoms with van der Waals surface area (Å²) in [5, 5.41) is 3.80. The summed E-state index contributed by atoms with van der Waals surface area (Å²) in [4.78, 5) is 28.8. The van der Waals surface area contributed by atoms with Crippen LogP contribution in [0.5, 0.6) is 0 Å². The summed E-state index contributed by atoms with van der Waals surface area (Å²) in [6.07, 6.45) is 0. The molecule has 0 unspecified atom stereocenters. The molecule has 2 fully saturated rings. The zero-order valence-corrected chi connectivity index (χ0v) is 32.0. The third-order valence-corrected chi connectivity index (χ3v) is 14.0. The third kappa shape index (κ3) is 7.92. The minimum atomic E-state index is -4.12. The van der Waals surface area contributed by atoms with Crippen LogP contribution in [0.2, 0.25) is 20.1 Å². The van der Waals surface area contributed by atoms with E-state index in [1.54, 1.807) is 12.1 Å². The van der Waals surface area contributed by atoms with E-state index in [0.29, 0.717) is 11.1 Å². The molecular weight excluding hydrogens is 798 g/mol. The van der Waals surface area contributed by atoms with Crippen molar-refractivity contribution in [3.63, 3.8) is 0 Å². The lowest BCUT2D eigenvalue weighted by molar-refractivity contribution is 0.0730. The molecule has 4 aromatic carbocycles. The molecule has 0 aromatic heterocycles. The Kier molecular flexibility index (Phi) is 12.0. The van der Waals surface area contributed by atoms with Gasteiger partial charge in [0, 0.05) is 44.7 Å². The summed E-state index contributed by atoms with van der Waals surface area (Å²) < 4.78 is 67.1. The minimum Gasteiger partial charge on any atom is -0.379 e. The number of hydrogen-bond acceptors (Lipinski definition) is 8. The average Bonchev–Trinajstić information content (AvgIpc) is 3.13. The molecule has 2 heterocycles. The fourth-order valence-electron chi connectivity index (χ4n) is 5.94. The Labute approximate surface area is 321 Å². The van der Waals surface area contributed by atoms with Crippen LogP contribution in [0.4, 0.5) is 5.69 Å². The highest BCUT2D eigenvalue weighted by atomic mass is 35.5. The number of ether oxygens (including phenoxy) is 2. The van der Waals surface area contributed by atoms with Crippen molar-refractivity contribution in [1.82, 2.24) is 13.9 Å². The van der Waals surface area contributed by atoms with Crippen LogP contribution in [0.3, 0.4) is 0 Å². The Morgan fingerprint density at radius 3 is 1.75 bits per heavy atom. The predicted octanol–water partition coefficient (Wildman–Crippen LogP) is 5.57. The highest BCUT2D eigenvalue weighted by molar-refractivity contribution is 7.89. The minimum absolute atomic E-state index is 0.0765. The first kappa shape index (κ1) is 38.7. The Morgan fingerprint density at radius 2 is 1.17 bits per heavy atom. The summed E-state index contributed by atoms with van der Waals surface area (Å²) in [6.45, 7) is 1.08. The van der Waals surface area contributed by atoms with Crippen LogP contribution < -0.4 is 10.2 Å². The first-order valence-corrected chi connectivity index (χ1v) is 20.4. The number of halogens is 4. The molecule has 0 aliphatic carbocycles. The largest absolute Gasteiger partial charge is 0.379 e. The number of nitrogens with zero attached hydrogens (tertiary/aromatic N) is 3. The molecule has 0 saturated carbocycles. The molecule has 2 amide bonds. The van der Waals surface area contributed by atoms with Crippen molar-refractivity contribution >= 4 is 94.7 Å². The van der Waals surface area contributed by atoms with Crippen LogP contribution in [-0.4, -0.2) is 103 Å². The zero-order chi connectivity index (χ0) is 37.2. The number of fused-ring (bicyclic) bond motifs is 1. The normalized spacial score (nSPS) is 16.2. The highest BCUT2D eigenvalue weighted by Crippen LogP contribution is 2.35. The first-order chi connectivity index (χ1) is 24.8. The number of sulfonamides is 2. The van der Waals surface area contributed by atoms with Crippen molar-refractivity contribution in [1.29, 1.82) is 0 Å². The number of nitrogens with one attached hydrogen (secondary N) is 1. The average molecular weight is 831 g/mol. The summed E-state index contributed by atoms with van der Waals surface area (Å²) in [5.41, 5.74) is 0.194. The van der Waals surface area contributed by atoms with Gasteiger partial charge in [-0.05, 0) is 35.7 Å². The van der Waals surface area contributed by atoms with Gasteiger partial charge in [-0.15, -0.1) is 0 Å². The maximum absolute atomic E-state index is 14.5. The summed E-state index contributed by atoms with van der Waals surface area (Å²) >= 11 is 25.7. The molecule has 12 nitrogen and oxygen atoms in total. The van der Waals surface area contributed by atoms with Gasteiger partial charge in [0.15, 0.2) is 0 Å².